The molecular weight excluding hydrogens is 208 g/mol. The van der Waals surface area contributed by atoms with Crippen LogP contribution in [0.4, 0.5) is 0 Å². The van der Waals surface area contributed by atoms with Gasteiger partial charge in [-0.15, -0.1) is 0 Å². The summed E-state index contributed by atoms with van der Waals surface area (Å²) in [5.41, 5.74) is 0. The van der Waals surface area contributed by atoms with Gasteiger partial charge in [-0.1, -0.05) is 27.7 Å². The van der Waals surface area contributed by atoms with E-state index in [-0.39, 0.29) is 0 Å². The summed E-state index contributed by atoms with van der Waals surface area (Å²) in [5, 5.41) is 3.58. The first-order valence-electron chi connectivity index (χ1n) is 7.42. The maximum Gasteiger partial charge on any atom is 0.00925 e. The summed E-state index contributed by atoms with van der Waals surface area (Å²) in [5.74, 6) is 1.71. The molecule has 0 aromatic rings. The summed E-state index contributed by atoms with van der Waals surface area (Å²) in [6.45, 7) is 11.6. The van der Waals surface area contributed by atoms with Crippen LogP contribution >= 0.6 is 0 Å². The number of nitrogens with one attached hydrogen (secondary N) is 1. The van der Waals surface area contributed by atoms with E-state index in [9.17, 15) is 0 Å². The van der Waals surface area contributed by atoms with Crippen LogP contribution in [0.1, 0.15) is 53.4 Å². The molecule has 1 aliphatic carbocycles. The minimum atomic E-state index is 0.635. The zero-order chi connectivity index (χ0) is 12.8. The Balaban J connectivity index is 2.21. The third-order valence-corrected chi connectivity index (χ3v) is 3.91. The molecule has 1 rings (SSSR count). The summed E-state index contributed by atoms with van der Waals surface area (Å²) >= 11 is 0. The molecule has 1 aliphatic rings. The van der Waals surface area contributed by atoms with Crippen LogP contribution in [0.3, 0.4) is 0 Å². The molecule has 0 heterocycles. The van der Waals surface area contributed by atoms with Crippen LogP contribution in [0.25, 0.3) is 0 Å². The van der Waals surface area contributed by atoms with Crippen LogP contribution in [0.15, 0.2) is 0 Å². The van der Waals surface area contributed by atoms with Crippen LogP contribution in [-0.2, 0) is 0 Å². The first-order chi connectivity index (χ1) is 7.99. The van der Waals surface area contributed by atoms with E-state index in [0.717, 1.165) is 17.9 Å². The van der Waals surface area contributed by atoms with Gasteiger partial charge in [0, 0.05) is 18.6 Å². The van der Waals surface area contributed by atoms with Gasteiger partial charge in [-0.25, -0.2) is 0 Å². The first-order valence-corrected chi connectivity index (χ1v) is 7.42. The van der Waals surface area contributed by atoms with Gasteiger partial charge in [-0.2, -0.15) is 0 Å². The van der Waals surface area contributed by atoms with Gasteiger partial charge >= 0.3 is 0 Å². The van der Waals surface area contributed by atoms with E-state index < -0.39 is 0 Å². The summed E-state index contributed by atoms with van der Waals surface area (Å²) in [4.78, 5) is 2.58. The third kappa shape index (κ3) is 5.87. The minimum absolute atomic E-state index is 0.635. The van der Waals surface area contributed by atoms with E-state index in [1.54, 1.807) is 0 Å². The fourth-order valence-corrected chi connectivity index (χ4v) is 2.92. The zero-order valence-electron chi connectivity index (χ0n) is 12.5. The predicted octanol–water partition coefficient (Wildman–Crippen LogP) is 3.13. The number of rotatable bonds is 6. The van der Waals surface area contributed by atoms with Crippen LogP contribution < -0.4 is 5.32 Å². The second-order valence-electron chi connectivity index (χ2n) is 6.57. The molecule has 0 bridgehead atoms. The Hall–Kier alpha value is -0.0800. The molecule has 0 unspecified atom stereocenters. The number of nitrogens with zero attached hydrogens (tertiary/aromatic N) is 1. The van der Waals surface area contributed by atoms with Gasteiger partial charge in [0.15, 0.2) is 0 Å². The van der Waals surface area contributed by atoms with Crippen molar-refractivity contribution in [3.05, 3.63) is 0 Å². The fourth-order valence-electron chi connectivity index (χ4n) is 2.92. The SMILES string of the molecule is CC(C)CN(C)C1CCC(CNC(C)C)CC1. The first kappa shape index (κ1) is 15.0. The Labute approximate surface area is 108 Å². The van der Waals surface area contributed by atoms with Crippen LogP contribution in [0.2, 0.25) is 0 Å². The highest BCUT2D eigenvalue weighted by Crippen LogP contribution is 2.27. The quantitative estimate of drug-likeness (QED) is 0.767. The molecule has 1 fully saturated rings. The lowest BCUT2D eigenvalue weighted by Crippen LogP contribution is -2.39. The normalized spacial score (nSPS) is 26.1. The molecule has 17 heavy (non-hydrogen) atoms. The van der Waals surface area contributed by atoms with Crippen molar-refractivity contribution in [3.8, 4) is 0 Å². The van der Waals surface area contributed by atoms with E-state index in [4.69, 9.17) is 0 Å². The van der Waals surface area contributed by atoms with E-state index in [1.807, 2.05) is 0 Å². The van der Waals surface area contributed by atoms with Crippen molar-refractivity contribution < 1.29 is 0 Å². The Kier molecular flexibility index (Phi) is 6.50. The molecule has 0 aromatic carbocycles. The topological polar surface area (TPSA) is 15.3 Å². The highest BCUT2D eigenvalue weighted by atomic mass is 15.1. The maximum absolute atomic E-state index is 3.58. The largest absolute Gasteiger partial charge is 0.314 e. The lowest BCUT2D eigenvalue weighted by Gasteiger charge is -2.35. The van der Waals surface area contributed by atoms with Crippen molar-refractivity contribution in [2.75, 3.05) is 20.1 Å². The molecule has 0 atom stereocenters. The Morgan fingerprint density at radius 2 is 1.65 bits per heavy atom. The lowest BCUT2D eigenvalue weighted by atomic mass is 9.85. The van der Waals surface area contributed by atoms with Crippen molar-refractivity contribution in [2.45, 2.75) is 65.5 Å². The highest BCUT2D eigenvalue weighted by Gasteiger charge is 2.23. The van der Waals surface area contributed by atoms with Crippen LogP contribution in [0, 0.1) is 11.8 Å². The molecule has 2 nitrogen and oxygen atoms in total. The molecule has 1 saturated carbocycles. The second-order valence-corrected chi connectivity index (χ2v) is 6.57. The van der Waals surface area contributed by atoms with E-state index >= 15 is 0 Å². The van der Waals surface area contributed by atoms with E-state index in [0.29, 0.717) is 6.04 Å². The molecule has 0 spiro atoms. The average Bonchev–Trinajstić information content (AvgIpc) is 2.26. The fraction of sp³-hybridized carbons (Fsp3) is 1.00. The van der Waals surface area contributed by atoms with Crippen molar-refractivity contribution in [2.24, 2.45) is 11.8 Å². The van der Waals surface area contributed by atoms with Gasteiger partial charge in [0.2, 0.25) is 0 Å². The Morgan fingerprint density at radius 1 is 1.06 bits per heavy atom. The number of hydrogen-bond donors (Lipinski definition) is 1. The zero-order valence-corrected chi connectivity index (χ0v) is 12.5. The average molecular weight is 240 g/mol. The van der Waals surface area contributed by atoms with Gasteiger partial charge in [0.1, 0.15) is 0 Å². The van der Waals surface area contributed by atoms with Crippen molar-refractivity contribution in [1.29, 1.82) is 0 Å². The summed E-state index contributed by atoms with van der Waals surface area (Å²) in [7, 11) is 2.30. The second kappa shape index (κ2) is 7.38. The Bertz CT molecular complexity index is 193. The van der Waals surface area contributed by atoms with Gasteiger partial charge in [-0.3, -0.25) is 0 Å². The highest BCUT2D eigenvalue weighted by molar-refractivity contribution is 4.79. The summed E-state index contributed by atoms with van der Waals surface area (Å²) in [6, 6.07) is 1.48. The van der Waals surface area contributed by atoms with Crippen molar-refractivity contribution in [3.63, 3.8) is 0 Å². The Morgan fingerprint density at radius 3 is 2.12 bits per heavy atom. The molecule has 102 valence electrons. The van der Waals surface area contributed by atoms with E-state index in [1.165, 1.54) is 38.8 Å². The lowest BCUT2D eigenvalue weighted by molar-refractivity contribution is 0.150. The molecule has 1 N–H and O–H groups in total. The molecule has 0 aromatic heterocycles. The van der Waals surface area contributed by atoms with Gasteiger partial charge in [0.05, 0.1) is 0 Å². The molecule has 0 aliphatic heterocycles. The van der Waals surface area contributed by atoms with E-state index in [2.05, 4.69) is 45.0 Å². The predicted molar refractivity (Wildman–Crippen MR) is 76.4 cm³/mol. The summed E-state index contributed by atoms with van der Waals surface area (Å²) < 4.78 is 0. The smallest absolute Gasteiger partial charge is 0.00925 e. The molecule has 0 amide bonds. The van der Waals surface area contributed by atoms with Crippen LogP contribution in [-0.4, -0.2) is 37.1 Å². The van der Waals surface area contributed by atoms with Crippen LogP contribution in [0.5, 0.6) is 0 Å². The number of hydrogen-bond acceptors (Lipinski definition) is 2. The molecule has 0 saturated heterocycles. The van der Waals surface area contributed by atoms with Gasteiger partial charge in [-0.05, 0) is 51.1 Å². The molecular formula is C15H32N2. The summed E-state index contributed by atoms with van der Waals surface area (Å²) in [6.07, 6.45) is 5.61. The monoisotopic (exact) mass is 240 g/mol. The molecule has 0 radical (unpaired) electrons. The van der Waals surface area contributed by atoms with Gasteiger partial charge in [0.25, 0.3) is 0 Å². The van der Waals surface area contributed by atoms with Crippen molar-refractivity contribution >= 4 is 0 Å². The standard InChI is InChI=1S/C15H32N2/c1-12(2)11-17(5)15-8-6-14(7-9-15)10-16-13(3)4/h12-16H,6-11H2,1-5H3. The van der Waals surface area contributed by atoms with Crippen molar-refractivity contribution in [1.82, 2.24) is 10.2 Å². The maximum atomic E-state index is 3.58. The molecule has 2 heteroatoms. The van der Waals surface area contributed by atoms with Gasteiger partial charge < -0.3 is 10.2 Å². The minimum Gasteiger partial charge on any atom is -0.314 e. The third-order valence-electron chi connectivity index (χ3n) is 3.91.